The minimum atomic E-state index is -0.547. The first-order valence-corrected chi connectivity index (χ1v) is 9.76. The first-order chi connectivity index (χ1) is 12.7. The van der Waals surface area contributed by atoms with Crippen LogP contribution in [0.3, 0.4) is 0 Å². The van der Waals surface area contributed by atoms with Crippen molar-refractivity contribution in [1.29, 1.82) is 0 Å². The monoisotopic (exact) mass is 372 g/mol. The lowest BCUT2D eigenvalue weighted by atomic mass is 10.0. The van der Waals surface area contributed by atoms with Crippen LogP contribution in [0.15, 0.2) is 6.07 Å². The summed E-state index contributed by atoms with van der Waals surface area (Å²) in [7, 11) is 1.71. The van der Waals surface area contributed by atoms with Crippen LogP contribution in [0.2, 0.25) is 0 Å². The molecule has 4 rings (SSSR count). The van der Waals surface area contributed by atoms with Gasteiger partial charge in [0.2, 0.25) is 0 Å². The Bertz CT molecular complexity index is 766. The molecule has 2 amide bonds. The molecule has 0 aliphatic carbocycles. The number of carbonyl (C=O) groups is 2. The largest absolute Gasteiger partial charge is 0.444 e. The van der Waals surface area contributed by atoms with Gasteiger partial charge in [-0.1, -0.05) is 0 Å². The molecule has 1 N–H and O–H groups in total. The summed E-state index contributed by atoms with van der Waals surface area (Å²) in [6.07, 6.45) is 4.40. The van der Waals surface area contributed by atoms with Gasteiger partial charge in [-0.3, -0.25) is 4.79 Å². The molecule has 0 atom stereocenters. The average Bonchev–Trinajstić information content (AvgIpc) is 3.28. The number of nitrogens with one attached hydrogen (secondary N) is 1. The van der Waals surface area contributed by atoms with Crippen LogP contribution in [-0.2, 0) is 17.8 Å². The van der Waals surface area contributed by atoms with E-state index in [2.05, 4.69) is 10.2 Å². The fourth-order valence-corrected chi connectivity index (χ4v) is 4.45. The van der Waals surface area contributed by atoms with Gasteiger partial charge in [0, 0.05) is 36.8 Å². The van der Waals surface area contributed by atoms with Gasteiger partial charge in [0.25, 0.3) is 5.91 Å². The van der Waals surface area contributed by atoms with Crippen molar-refractivity contribution in [2.24, 2.45) is 0 Å². The number of carbonyl (C=O) groups excluding carboxylic acids is 2. The van der Waals surface area contributed by atoms with E-state index < -0.39 is 5.60 Å². The smallest absolute Gasteiger partial charge is 0.410 e. The Labute approximate surface area is 160 Å². The van der Waals surface area contributed by atoms with E-state index in [4.69, 9.17) is 9.72 Å². The summed E-state index contributed by atoms with van der Waals surface area (Å²) in [5.74, 6) is 0.824. The summed E-state index contributed by atoms with van der Waals surface area (Å²) < 4.78 is 5.45. The highest BCUT2D eigenvalue weighted by atomic mass is 16.6. The molecule has 0 radical (unpaired) electrons. The molecular weight excluding hydrogens is 344 g/mol. The molecule has 2 bridgehead atoms. The molecule has 3 aliphatic heterocycles. The predicted molar refractivity (Wildman–Crippen MR) is 102 cm³/mol. The number of amides is 2. The number of fused-ring (bicyclic) bond motifs is 3. The number of ether oxygens (including phenoxy) is 1. The van der Waals surface area contributed by atoms with Crippen LogP contribution >= 0.6 is 0 Å². The molecule has 7 nitrogen and oxygen atoms in total. The minimum absolute atomic E-state index is 0.0543. The van der Waals surface area contributed by atoms with Gasteiger partial charge in [0.1, 0.15) is 11.4 Å². The van der Waals surface area contributed by atoms with Crippen molar-refractivity contribution in [3.05, 3.63) is 22.9 Å². The molecule has 0 spiro atoms. The Hall–Kier alpha value is -2.31. The summed E-state index contributed by atoms with van der Waals surface area (Å²) in [6, 6.07) is 2.99. The summed E-state index contributed by atoms with van der Waals surface area (Å²) in [5.41, 5.74) is 1.82. The van der Waals surface area contributed by atoms with Gasteiger partial charge in [-0.2, -0.15) is 0 Å². The Morgan fingerprint density at radius 2 is 1.93 bits per heavy atom. The van der Waals surface area contributed by atoms with Crippen LogP contribution < -0.4 is 10.2 Å². The van der Waals surface area contributed by atoms with Crippen molar-refractivity contribution < 1.29 is 14.3 Å². The van der Waals surface area contributed by atoms with E-state index in [1.807, 2.05) is 26.8 Å². The minimum Gasteiger partial charge on any atom is -0.444 e. The lowest BCUT2D eigenvalue weighted by Crippen LogP contribution is -2.34. The number of hydrogen-bond donors (Lipinski definition) is 1. The SMILES string of the molecule is CN(Cc1nc(N2C3CCC2CC3)cc2c1CNC2=O)C(=O)OC(C)(C)C. The molecule has 3 aliphatic rings. The van der Waals surface area contributed by atoms with Gasteiger partial charge < -0.3 is 19.9 Å². The molecule has 1 aromatic rings. The summed E-state index contributed by atoms with van der Waals surface area (Å²) in [4.78, 5) is 33.5. The van der Waals surface area contributed by atoms with Crippen molar-refractivity contribution in [2.45, 2.75) is 77.2 Å². The number of hydrogen-bond acceptors (Lipinski definition) is 5. The van der Waals surface area contributed by atoms with E-state index in [0.717, 1.165) is 17.1 Å². The Morgan fingerprint density at radius 3 is 2.52 bits per heavy atom. The van der Waals surface area contributed by atoms with E-state index in [1.165, 1.54) is 30.6 Å². The normalized spacial score (nSPS) is 23.4. The summed E-state index contributed by atoms with van der Waals surface area (Å²) >= 11 is 0. The fourth-order valence-electron chi connectivity index (χ4n) is 4.45. The number of anilines is 1. The van der Waals surface area contributed by atoms with Crippen LogP contribution in [0.5, 0.6) is 0 Å². The van der Waals surface area contributed by atoms with E-state index >= 15 is 0 Å². The molecular formula is C20H28N4O3. The molecule has 1 aromatic heterocycles. The maximum atomic E-state index is 12.4. The molecule has 0 unspecified atom stereocenters. The topological polar surface area (TPSA) is 74.8 Å². The van der Waals surface area contributed by atoms with Gasteiger partial charge in [0.15, 0.2) is 0 Å². The number of rotatable bonds is 3. The standard InChI is InChI=1S/C20H28N4O3/c1-20(2,3)27-19(26)23(4)11-16-15-10-21-18(25)14(15)9-17(22-16)24-12-5-6-13(24)8-7-12/h9,12-13H,5-8,10-11H2,1-4H3,(H,21,25). The van der Waals surface area contributed by atoms with Gasteiger partial charge in [-0.05, 0) is 52.5 Å². The van der Waals surface area contributed by atoms with Crippen molar-refractivity contribution in [1.82, 2.24) is 15.2 Å². The van der Waals surface area contributed by atoms with Crippen LogP contribution in [0.4, 0.5) is 10.6 Å². The Kier molecular flexibility index (Phi) is 4.28. The second-order valence-corrected chi connectivity index (χ2v) is 8.84. The van der Waals surface area contributed by atoms with E-state index in [9.17, 15) is 9.59 Å². The number of pyridine rings is 1. The maximum Gasteiger partial charge on any atom is 0.410 e. The van der Waals surface area contributed by atoms with Gasteiger partial charge in [0.05, 0.1) is 12.2 Å². The Morgan fingerprint density at radius 1 is 1.30 bits per heavy atom. The first-order valence-electron chi connectivity index (χ1n) is 9.76. The molecule has 146 valence electrons. The average molecular weight is 372 g/mol. The van der Waals surface area contributed by atoms with Crippen molar-refractivity contribution in [3.63, 3.8) is 0 Å². The third-order valence-electron chi connectivity index (χ3n) is 5.68. The molecule has 7 heteroatoms. The molecule has 2 saturated heterocycles. The summed E-state index contributed by atoms with van der Waals surface area (Å²) in [5, 5.41) is 2.89. The lowest BCUT2D eigenvalue weighted by Gasteiger charge is -2.27. The maximum absolute atomic E-state index is 12.4. The third kappa shape index (κ3) is 3.35. The third-order valence-corrected chi connectivity index (χ3v) is 5.68. The molecule has 2 fully saturated rings. The quantitative estimate of drug-likeness (QED) is 0.883. The van der Waals surface area contributed by atoms with Crippen LogP contribution in [-0.4, -0.2) is 46.6 Å². The van der Waals surface area contributed by atoms with Gasteiger partial charge in [-0.25, -0.2) is 9.78 Å². The van der Waals surface area contributed by atoms with E-state index in [-0.39, 0.29) is 12.0 Å². The van der Waals surface area contributed by atoms with Crippen molar-refractivity contribution >= 4 is 17.8 Å². The molecule has 0 aromatic carbocycles. The zero-order chi connectivity index (χ0) is 19.3. The molecule has 27 heavy (non-hydrogen) atoms. The second-order valence-electron chi connectivity index (χ2n) is 8.84. The fraction of sp³-hybridized carbons (Fsp3) is 0.650. The predicted octanol–water partition coefficient (Wildman–Crippen LogP) is 2.82. The molecule has 0 saturated carbocycles. The highest BCUT2D eigenvalue weighted by Gasteiger charge is 2.41. The zero-order valence-electron chi connectivity index (χ0n) is 16.5. The van der Waals surface area contributed by atoms with E-state index in [1.54, 1.807) is 7.05 Å². The van der Waals surface area contributed by atoms with Crippen LogP contribution in [0.25, 0.3) is 0 Å². The van der Waals surface area contributed by atoms with Crippen molar-refractivity contribution in [3.8, 4) is 0 Å². The number of aromatic nitrogens is 1. The van der Waals surface area contributed by atoms with Crippen LogP contribution in [0.1, 0.15) is 68.1 Å². The van der Waals surface area contributed by atoms with E-state index in [0.29, 0.717) is 30.7 Å². The summed E-state index contributed by atoms with van der Waals surface area (Å²) in [6.45, 7) is 6.33. The molecule has 4 heterocycles. The highest BCUT2D eigenvalue weighted by molar-refractivity contribution is 5.99. The van der Waals surface area contributed by atoms with Gasteiger partial charge >= 0.3 is 6.09 Å². The number of nitrogens with zero attached hydrogens (tertiary/aromatic N) is 3. The van der Waals surface area contributed by atoms with Gasteiger partial charge in [-0.15, -0.1) is 0 Å². The second kappa shape index (κ2) is 6.39. The zero-order valence-corrected chi connectivity index (χ0v) is 16.5. The lowest BCUT2D eigenvalue weighted by molar-refractivity contribution is 0.0282. The van der Waals surface area contributed by atoms with Crippen LogP contribution in [0, 0.1) is 0 Å². The van der Waals surface area contributed by atoms with Crippen molar-refractivity contribution in [2.75, 3.05) is 11.9 Å². The highest BCUT2D eigenvalue weighted by Crippen LogP contribution is 2.41. The Balaban J connectivity index is 1.63. The first kappa shape index (κ1) is 18.1.